The van der Waals surface area contributed by atoms with Crippen molar-refractivity contribution in [2.75, 3.05) is 18.0 Å². The van der Waals surface area contributed by atoms with Crippen LogP contribution in [0.3, 0.4) is 0 Å². The second-order valence-electron chi connectivity index (χ2n) is 5.38. The third-order valence-corrected chi connectivity index (χ3v) is 5.41. The molecule has 0 amide bonds. The summed E-state index contributed by atoms with van der Waals surface area (Å²) in [5.41, 5.74) is 2.14. The quantitative estimate of drug-likeness (QED) is 0.739. The number of nitrogens with zero attached hydrogens (tertiary/aromatic N) is 4. The number of anilines is 1. The van der Waals surface area contributed by atoms with Gasteiger partial charge in [0.25, 0.3) is 0 Å². The van der Waals surface area contributed by atoms with Gasteiger partial charge < -0.3 is 9.88 Å². The van der Waals surface area contributed by atoms with E-state index < -0.39 is 0 Å². The number of hydrogen-bond acceptors (Lipinski definition) is 6. The minimum atomic E-state index is 0.737. The first-order valence-corrected chi connectivity index (χ1v) is 9.43. The van der Waals surface area contributed by atoms with Crippen molar-refractivity contribution in [3.8, 4) is 0 Å². The van der Waals surface area contributed by atoms with E-state index in [1.807, 2.05) is 12.3 Å². The summed E-state index contributed by atoms with van der Waals surface area (Å²) in [6.07, 6.45) is 5.72. The highest BCUT2D eigenvalue weighted by atomic mass is 32.2. The number of H-pyrrole nitrogens is 1. The van der Waals surface area contributed by atoms with Gasteiger partial charge in [-0.3, -0.25) is 0 Å². The van der Waals surface area contributed by atoms with Crippen molar-refractivity contribution >= 4 is 39.9 Å². The molecule has 0 bridgehead atoms. The van der Waals surface area contributed by atoms with Crippen molar-refractivity contribution in [2.24, 2.45) is 0 Å². The Hall–Kier alpha value is -1.60. The molecule has 4 heterocycles. The molecule has 0 atom stereocenters. The maximum Gasteiger partial charge on any atom is 0.166 e. The monoisotopic (exact) mass is 331 g/mol. The number of aromatic nitrogens is 4. The van der Waals surface area contributed by atoms with Crippen LogP contribution in [0.2, 0.25) is 0 Å². The highest BCUT2D eigenvalue weighted by molar-refractivity contribution is 7.98. The Morgan fingerprint density at radius 1 is 1.18 bits per heavy atom. The van der Waals surface area contributed by atoms with Crippen molar-refractivity contribution in [3.05, 3.63) is 28.8 Å². The molecule has 0 aliphatic carbocycles. The van der Waals surface area contributed by atoms with E-state index in [4.69, 9.17) is 4.98 Å². The molecule has 1 saturated heterocycles. The fourth-order valence-corrected chi connectivity index (χ4v) is 4.12. The molecule has 114 valence electrons. The number of aromatic amines is 1. The van der Waals surface area contributed by atoms with Crippen molar-refractivity contribution in [1.29, 1.82) is 0 Å². The molecule has 22 heavy (non-hydrogen) atoms. The molecule has 0 spiro atoms. The summed E-state index contributed by atoms with van der Waals surface area (Å²) in [6, 6.07) is 2.02. The van der Waals surface area contributed by atoms with Crippen LogP contribution in [-0.2, 0) is 5.75 Å². The van der Waals surface area contributed by atoms with Gasteiger partial charge in [0, 0.05) is 30.0 Å². The smallest absolute Gasteiger partial charge is 0.166 e. The van der Waals surface area contributed by atoms with Crippen LogP contribution in [0.15, 0.2) is 28.2 Å². The standard InChI is InChI=1S/C15H17N5S2/c1-2-6-20(7-3-1)14-4-5-16-13(19-14)10-22-15-17-11-8-21-9-12(11)18-15/h4-5,8-9H,1-3,6-7,10H2,(H,17,18). The Balaban J connectivity index is 1.44. The van der Waals surface area contributed by atoms with Crippen LogP contribution in [0.5, 0.6) is 0 Å². The third kappa shape index (κ3) is 2.96. The number of nitrogens with one attached hydrogen (secondary N) is 1. The molecule has 0 aromatic carbocycles. The van der Waals surface area contributed by atoms with Gasteiger partial charge in [0.2, 0.25) is 0 Å². The average Bonchev–Trinajstić information content (AvgIpc) is 3.15. The Labute approximate surface area is 137 Å². The third-order valence-electron chi connectivity index (χ3n) is 3.81. The average molecular weight is 331 g/mol. The fraction of sp³-hybridized carbons (Fsp3) is 0.400. The second kappa shape index (κ2) is 6.26. The van der Waals surface area contributed by atoms with Gasteiger partial charge in [0.1, 0.15) is 17.2 Å². The number of imidazole rings is 1. The molecule has 1 aliphatic heterocycles. The molecular weight excluding hydrogens is 314 g/mol. The summed E-state index contributed by atoms with van der Waals surface area (Å²) >= 11 is 3.32. The predicted molar refractivity (Wildman–Crippen MR) is 91.6 cm³/mol. The van der Waals surface area contributed by atoms with Crippen molar-refractivity contribution in [2.45, 2.75) is 30.2 Å². The number of fused-ring (bicyclic) bond motifs is 1. The molecule has 5 nitrogen and oxygen atoms in total. The normalized spacial score (nSPS) is 15.5. The first kappa shape index (κ1) is 14.0. The summed E-state index contributed by atoms with van der Waals surface area (Å²) < 4.78 is 0. The van der Waals surface area contributed by atoms with Gasteiger partial charge in [-0.1, -0.05) is 11.8 Å². The van der Waals surface area contributed by atoms with E-state index in [1.54, 1.807) is 23.1 Å². The lowest BCUT2D eigenvalue weighted by Crippen LogP contribution is -2.30. The minimum absolute atomic E-state index is 0.737. The van der Waals surface area contributed by atoms with Gasteiger partial charge in [-0.25, -0.2) is 15.0 Å². The second-order valence-corrected chi connectivity index (χ2v) is 7.09. The van der Waals surface area contributed by atoms with Gasteiger partial charge >= 0.3 is 0 Å². The number of rotatable bonds is 4. The maximum absolute atomic E-state index is 4.71. The van der Waals surface area contributed by atoms with Crippen LogP contribution in [0.4, 0.5) is 5.82 Å². The van der Waals surface area contributed by atoms with Gasteiger partial charge in [-0.2, -0.15) is 0 Å². The van der Waals surface area contributed by atoms with E-state index in [1.165, 1.54) is 19.3 Å². The predicted octanol–water partition coefficient (Wildman–Crippen LogP) is 3.70. The van der Waals surface area contributed by atoms with Crippen LogP contribution in [0.1, 0.15) is 25.1 Å². The molecule has 1 N–H and O–H groups in total. The Morgan fingerprint density at radius 2 is 2.09 bits per heavy atom. The number of thiophene rings is 1. The zero-order valence-electron chi connectivity index (χ0n) is 12.2. The maximum atomic E-state index is 4.71. The summed E-state index contributed by atoms with van der Waals surface area (Å²) in [4.78, 5) is 19.3. The van der Waals surface area contributed by atoms with Crippen LogP contribution >= 0.6 is 23.1 Å². The first-order valence-electron chi connectivity index (χ1n) is 7.50. The van der Waals surface area contributed by atoms with Crippen LogP contribution in [-0.4, -0.2) is 33.0 Å². The molecule has 3 aromatic rings. The number of piperidine rings is 1. The molecular formula is C15H17N5S2. The van der Waals surface area contributed by atoms with E-state index in [-0.39, 0.29) is 0 Å². The van der Waals surface area contributed by atoms with Crippen molar-refractivity contribution in [1.82, 2.24) is 19.9 Å². The van der Waals surface area contributed by atoms with Gasteiger partial charge in [0.05, 0.1) is 11.3 Å². The SMILES string of the molecule is c1cc(N2CCCCC2)nc(CSc2nc3cscc3[nH]2)n1. The fourth-order valence-electron chi connectivity index (χ4n) is 2.68. The van der Waals surface area contributed by atoms with Crippen molar-refractivity contribution in [3.63, 3.8) is 0 Å². The lowest BCUT2D eigenvalue weighted by molar-refractivity contribution is 0.572. The first-order chi connectivity index (χ1) is 10.9. The summed E-state index contributed by atoms with van der Waals surface area (Å²) in [5.74, 6) is 2.67. The summed E-state index contributed by atoms with van der Waals surface area (Å²) in [6.45, 7) is 2.22. The lowest BCUT2D eigenvalue weighted by atomic mass is 10.1. The zero-order chi connectivity index (χ0) is 14.8. The highest BCUT2D eigenvalue weighted by Gasteiger charge is 2.13. The zero-order valence-corrected chi connectivity index (χ0v) is 13.8. The molecule has 0 unspecified atom stereocenters. The molecule has 3 aromatic heterocycles. The van der Waals surface area contributed by atoms with E-state index in [0.717, 1.165) is 46.7 Å². The Bertz CT molecular complexity index is 731. The molecule has 7 heteroatoms. The van der Waals surface area contributed by atoms with Crippen LogP contribution < -0.4 is 4.90 Å². The highest BCUT2D eigenvalue weighted by Crippen LogP contribution is 2.24. The Morgan fingerprint density at radius 3 is 2.95 bits per heavy atom. The molecule has 0 radical (unpaired) electrons. The van der Waals surface area contributed by atoms with Crippen molar-refractivity contribution < 1.29 is 0 Å². The number of hydrogen-bond donors (Lipinski definition) is 1. The van der Waals surface area contributed by atoms with E-state index in [2.05, 4.69) is 30.6 Å². The Kier molecular flexibility index (Phi) is 3.99. The molecule has 1 fully saturated rings. The largest absolute Gasteiger partial charge is 0.357 e. The minimum Gasteiger partial charge on any atom is -0.357 e. The van der Waals surface area contributed by atoms with Gasteiger partial charge in [0.15, 0.2) is 5.16 Å². The number of thioether (sulfide) groups is 1. The van der Waals surface area contributed by atoms with Gasteiger partial charge in [-0.05, 0) is 25.3 Å². The molecule has 0 saturated carbocycles. The van der Waals surface area contributed by atoms with E-state index >= 15 is 0 Å². The summed E-state index contributed by atoms with van der Waals surface area (Å²) in [5, 5.41) is 5.08. The van der Waals surface area contributed by atoms with Gasteiger partial charge in [-0.15, -0.1) is 11.3 Å². The van der Waals surface area contributed by atoms with Crippen LogP contribution in [0.25, 0.3) is 11.0 Å². The lowest BCUT2D eigenvalue weighted by Gasteiger charge is -2.27. The van der Waals surface area contributed by atoms with Crippen LogP contribution in [0, 0.1) is 0 Å². The molecule has 1 aliphatic rings. The topological polar surface area (TPSA) is 57.7 Å². The van der Waals surface area contributed by atoms with E-state index in [0.29, 0.717) is 0 Å². The van der Waals surface area contributed by atoms with E-state index in [9.17, 15) is 0 Å². The molecule has 4 rings (SSSR count). The summed E-state index contributed by atoms with van der Waals surface area (Å²) in [7, 11) is 0.